The van der Waals surface area contributed by atoms with Crippen LogP contribution in [-0.2, 0) is 17.6 Å². The van der Waals surface area contributed by atoms with Crippen molar-refractivity contribution in [1.29, 1.82) is 0 Å². The molecule has 0 saturated carbocycles. The molecule has 0 unspecified atom stereocenters. The summed E-state index contributed by atoms with van der Waals surface area (Å²) < 4.78 is 0. The molecule has 1 amide bonds. The molecule has 1 aromatic rings. The number of thioether (sulfide) groups is 1. The number of nitrogens with one attached hydrogen (secondary N) is 1. The topological polar surface area (TPSA) is 29.1 Å². The van der Waals surface area contributed by atoms with Crippen LogP contribution in [-0.4, -0.2) is 17.4 Å². The molecular weight excluding hydrogens is 242 g/mol. The summed E-state index contributed by atoms with van der Waals surface area (Å²) in [5.74, 6) is 1.71. The molecule has 0 spiro atoms. The predicted octanol–water partition coefficient (Wildman–Crippen LogP) is 3.89. The fraction of sp³-hybridized carbons (Fsp3) is 0.533. The quantitative estimate of drug-likeness (QED) is 0.758. The number of carbonyl (C=O) groups excluding carboxylic acids is 1. The van der Waals surface area contributed by atoms with Crippen molar-refractivity contribution in [2.75, 3.05) is 16.8 Å². The van der Waals surface area contributed by atoms with Gasteiger partial charge in [0, 0.05) is 5.69 Å². The summed E-state index contributed by atoms with van der Waals surface area (Å²) in [5.41, 5.74) is 3.48. The monoisotopic (exact) mass is 265 g/mol. The Kier molecular flexibility index (Phi) is 6.88. The number of benzene rings is 1. The Hall–Kier alpha value is -0.960. The maximum Gasteiger partial charge on any atom is 0.234 e. The highest BCUT2D eigenvalue weighted by molar-refractivity contribution is 7.99. The van der Waals surface area contributed by atoms with Gasteiger partial charge in [0.25, 0.3) is 0 Å². The molecule has 0 aliphatic rings. The summed E-state index contributed by atoms with van der Waals surface area (Å²) in [6.07, 6.45) is 3.01. The van der Waals surface area contributed by atoms with E-state index in [4.69, 9.17) is 0 Å². The van der Waals surface area contributed by atoms with Crippen molar-refractivity contribution in [2.24, 2.45) is 0 Å². The number of hydrogen-bond acceptors (Lipinski definition) is 2. The van der Waals surface area contributed by atoms with Gasteiger partial charge in [-0.1, -0.05) is 39.0 Å². The first-order valence-corrected chi connectivity index (χ1v) is 7.86. The minimum atomic E-state index is 0.115. The van der Waals surface area contributed by atoms with Gasteiger partial charge >= 0.3 is 0 Å². The van der Waals surface area contributed by atoms with E-state index in [1.165, 1.54) is 11.1 Å². The van der Waals surface area contributed by atoms with Crippen molar-refractivity contribution in [2.45, 2.75) is 40.0 Å². The van der Waals surface area contributed by atoms with E-state index in [0.717, 1.165) is 30.7 Å². The lowest BCUT2D eigenvalue weighted by Crippen LogP contribution is -2.17. The number of anilines is 1. The third-order valence-corrected chi connectivity index (χ3v) is 4.01. The van der Waals surface area contributed by atoms with Gasteiger partial charge in [0.1, 0.15) is 0 Å². The summed E-state index contributed by atoms with van der Waals surface area (Å²) in [7, 11) is 0. The Bertz CT molecular complexity index is 368. The smallest absolute Gasteiger partial charge is 0.234 e. The number of rotatable bonds is 7. The van der Waals surface area contributed by atoms with Gasteiger partial charge < -0.3 is 5.32 Å². The van der Waals surface area contributed by atoms with Crippen LogP contribution >= 0.6 is 11.8 Å². The third-order valence-electron chi connectivity index (χ3n) is 2.84. The largest absolute Gasteiger partial charge is 0.325 e. The molecule has 0 atom stereocenters. The molecule has 0 fully saturated rings. The van der Waals surface area contributed by atoms with Crippen LogP contribution in [0, 0.1) is 0 Å². The highest BCUT2D eigenvalue weighted by atomic mass is 32.2. The standard InChI is InChI=1S/C15H23NOS/c1-4-10-18-11-14(17)16-15-12(5-2)8-7-9-13(15)6-3/h7-9H,4-6,10-11H2,1-3H3,(H,16,17). The molecule has 1 N–H and O–H groups in total. The molecule has 1 aromatic carbocycles. The summed E-state index contributed by atoms with van der Waals surface area (Å²) in [5, 5.41) is 3.08. The number of aryl methyl sites for hydroxylation is 2. The van der Waals surface area contributed by atoms with E-state index >= 15 is 0 Å². The van der Waals surface area contributed by atoms with Crippen LogP contribution in [0.5, 0.6) is 0 Å². The molecule has 0 bridgehead atoms. The molecule has 2 nitrogen and oxygen atoms in total. The molecule has 0 heterocycles. The van der Waals surface area contributed by atoms with Crippen LogP contribution < -0.4 is 5.32 Å². The first-order valence-electron chi connectivity index (χ1n) is 6.71. The summed E-state index contributed by atoms with van der Waals surface area (Å²) in [6.45, 7) is 6.37. The lowest BCUT2D eigenvalue weighted by molar-refractivity contribution is -0.113. The van der Waals surface area contributed by atoms with E-state index in [1.54, 1.807) is 11.8 Å². The number of amides is 1. The number of carbonyl (C=O) groups is 1. The second kappa shape index (κ2) is 8.20. The first kappa shape index (κ1) is 15.1. The molecule has 18 heavy (non-hydrogen) atoms. The zero-order valence-corrected chi connectivity index (χ0v) is 12.4. The summed E-state index contributed by atoms with van der Waals surface area (Å²) >= 11 is 1.70. The van der Waals surface area contributed by atoms with Crippen molar-refractivity contribution in [3.8, 4) is 0 Å². The minimum absolute atomic E-state index is 0.115. The molecule has 0 aliphatic carbocycles. The Morgan fingerprint density at radius 2 is 1.78 bits per heavy atom. The fourth-order valence-electron chi connectivity index (χ4n) is 1.89. The van der Waals surface area contributed by atoms with Crippen LogP contribution in [0.1, 0.15) is 38.3 Å². The molecule has 3 heteroatoms. The van der Waals surface area contributed by atoms with Crippen molar-refractivity contribution in [1.82, 2.24) is 0 Å². The number of hydrogen-bond donors (Lipinski definition) is 1. The predicted molar refractivity (Wildman–Crippen MR) is 81.4 cm³/mol. The van der Waals surface area contributed by atoms with Crippen LogP contribution in [0.2, 0.25) is 0 Å². The van der Waals surface area contributed by atoms with Gasteiger partial charge in [0.15, 0.2) is 0 Å². The zero-order chi connectivity index (χ0) is 13.4. The first-order chi connectivity index (χ1) is 8.72. The van der Waals surface area contributed by atoms with Crippen LogP contribution in [0.25, 0.3) is 0 Å². The van der Waals surface area contributed by atoms with Gasteiger partial charge in [-0.25, -0.2) is 0 Å². The summed E-state index contributed by atoms with van der Waals surface area (Å²) in [4.78, 5) is 11.9. The molecule has 0 saturated heterocycles. The number of para-hydroxylation sites is 1. The van der Waals surface area contributed by atoms with Crippen LogP contribution in [0.15, 0.2) is 18.2 Å². The van der Waals surface area contributed by atoms with Gasteiger partial charge in [0.2, 0.25) is 5.91 Å². The van der Waals surface area contributed by atoms with E-state index in [0.29, 0.717) is 5.75 Å². The Balaban J connectivity index is 2.72. The Morgan fingerprint density at radius 1 is 1.17 bits per heavy atom. The highest BCUT2D eigenvalue weighted by Crippen LogP contribution is 2.22. The maximum absolute atomic E-state index is 11.9. The Morgan fingerprint density at radius 3 is 2.28 bits per heavy atom. The van der Waals surface area contributed by atoms with Crippen molar-refractivity contribution < 1.29 is 4.79 Å². The van der Waals surface area contributed by atoms with Crippen molar-refractivity contribution in [3.05, 3.63) is 29.3 Å². The highest BCUT2D eigenvalue weighted by Gasteiger charge is 2.09. The van der Waals surface area contributed by atoms with E-state index < -0.39 is 0 Å². The molecule has 100 valence electrons. The second-order valence-corrected chi connectivity index (χ2v) is 5.36. The van der Waals surface area contributed by atoms with Crippen molar-refractivity contribution in [3.63, 3.8) is 0 Å². The molecule has 0 aromatic heterocycles. The lowest BCUT2D eigenvalue weighted by Gasteiger charge is -2.14. The lowest BCUT2D eigenvalue weighted by atomic mass is 10.0. The third kappa shape index (κ3) is 4.37. The van der Waals surface area contributed by atoms with E-state index in [2.05, 4.69) is 44.3 Å². The normalized spacial score (nSPS) is 10.4. The van der Waals surface area contributed by atoms with E-state index in [9.17, 15) is 4.79 Å². The summed E-state index contributed by atoms with van der Waals surface area (Å²) in [6, 6.07) is 6.25. The average Bonchev–Trinajstić information content (AvgIpc) is 2.39. The molecular formula is C15H23NOS. The van der Waals surface area contributed by atoms with Gasteiger partial charge in [-0.05, 0) is 36.1 Å². The molecule has 0 aliphatic heterocycles. The van der Waals surface area contributed by atoms with Gasteiger partial charge in [0.05, 0.1) is 5.75 Å². The SMILES string of the molecule is CCCSCC(=O)Nc1c(CC)cccc1CC. The molecule has 1 rings (SSSR count). The Labute approximate surface area is 115 Å². The minimum Gasteiger partial charge on any atom is -0.325 e. The maximum atomic E-state index is 11.9. The van der Waals surface area contributed by atoms with Crippen molar-refractivity contribution >= 4 is 23.4 Å². The van der Waals surface area contributed by atoms with Gasteiger partial charge in [-0.3, -0.25) is 4.79 Å². The van der Waals surface area contributed by atoms with Crippen LogP contribution in [0.4, 0.5) is 5.69 Å². The van der Waals surface area contributed by atoms with Crippen LogP contribution in [0.3, 0.4) is 0 Å². The molecule has 0 radical (unpaired) electrons. The van der Waals surface area contributed by atoms with Gasteiger partial charge in [-0.2, -0.15) is 11.8 Å². The zero-order valence-electron chi connectivity index (χ0n) is 11.6. The average molecular weight is 265 g/mol. The van der Waals surface area contributed by atoms with Gasteiger partial charge in [-0.15, -0.1) is 0 Å². The van der Waals surface area contributed by atoms with E-state index in [1.807, 2.05) is 0 Å². The van der Waals surface area contributed by atoms with E-state index in [-0.39, 0.29) is 5.91 Å². The second-order valence-electron chi connectivity index (χ2n) is 4.26. The fourth-order valence-corrected chi connectivity index (χ4v) is 2.58.